The van der Waals surface area contributed by atoms with E-state index < -0.39 is 0 Å². The first-order chi connectivity index (χ1) is 11.6. The Kier molecular flexibility index (Phi) is 8.59. The Morgan fingerprint density at radius 1 is 1.12 bits per heavy atom. The largest absolute Gasteiger partial charge is 1.00 e. The number of ether oxygens (including phenoxy) is 1. The molecule has 1 atom stereocenters. The van der Waals surface area contributed by atoms with Crippen molar-refractivity contribution in [3.8, 4) is 0 Å². The van der Waals surface area contributed by atoms with Crippen molar-refractivity contribution in [3.05, 3.63) is 35.4 Å². The summed E-state index contributed by atoms with van der Waals surface area (Å²) in [5.41, 5.74) is 1.96. The fourth-order valence-electron chi connectivity index (χ4n) is 3.99. The highest BCUT2D eigenvalue weighted by atomic mass is 127. The van der Waals surface area contributed by atoms with E-state index in [1.165, 1.54) is 37.7 Å². The van der Waals surface area contributed by atoms with Gasteiger partial charge in [-0.3, -0.25) is 0 Å². The first kappa shape index (κ1) is 23.4. The van der Waals surface area contributed by atoms with E-state index >= 15 is 0 Å². The highest BCUT2D eigenvalue weighted by Crippen LogP contribution is 2.26. The van der Waals surface area contributed by atoms with Gasteiger partial charge < -0.3 is 33.2 Å². The molecule has 1 aromatic carbocycles. The summed E-state index contributed by atoms with van der Waals surface area (Å²) >= 11 is 0. The number of hydrogen-bond acceptors (Lipinski definition) is 2. The van der Waals surface area contributed by atoms with Crippen LogP contribution in [0.15, 0.2) is 24.3 Å². The van der Waals surface area contributed by atoms with Crippen LogP contribution in [0.5, 0.6) is 0 Å². The Bertz CT molecular complexity index is 569. The van der Waals surface area contributed by atoms with E-state index in [0.29, 0.717) is 11.6 Å². The normalized spacial score (nSPS) is 17.3. The SMILES string of the molecule is CC(C[N+](C)(C)C1CCCCC1)OC(=O)c1ccc(C(C)(C)C)cc1.[I-]. The Balaban J connectivity index is 0.00000338. The van der Waals surface area contributed by atoms with Gasteiger partial charge in [-0.1, -0.05) is 39.3 Å². The minimum Gasteiger partial charge on any atom is -1.00 e. The zero-order valence-electron chi connectivity index (χ0n) is 17.3. The van der Waals surface area contributed by atoms with Crippen LogP contribution in [0.4, 0.5) is 0 Å². The molecular formula is C22H36INO2. The number of rotatable bonds is 5. The van der Waals surface area contributed by atoms with Gasteiger partial charge in [0, 0.05) is 0 Å². The zero-order chi connectivity index (χ0) is 18.7. The van der Waals surface area contributed by atoms with Crippen molar-refractivity contribution in [1.29, 1.82) is 0 Å². The topological polar surface area (TPSA) is 26.3 Å². The van der Waals surface area contributed by atoms with Crippen molar-refractivity contribution in [2.45, 2.75) is 77.4 Å². The molecule has 0 aliphatic heterocycles. The number of esters is 1. The van der Waals surface area contributed by atoms with E-state index in [-0.39, 0.29) is 41.5 Å². The lowest BCUT2D eigenvalue weighted by atomic mass is 9.87. The molecule has 0 amide bonds. The first-order valence-electron chi connectivity index (χ1n) is 9.74. The van der Waals surface area contributed by atoms with Crippen molar-refractivity contribution in [3.63, 3.8) is 0 Å². The van der Waals surface area contributed by atoms with Crippen molar-refractivity contribution >= 4 is 5.97 Å². The van der Waals surface area contributed by atoms with Crippen LogP contribution < -0.4 is 24.0 Å². The number of nitrogens with zero attached hydrogens (tertiary/aromatic N) is 1. The third-order valence-corrected chi connectivity index (χ3v) is 5.59. The summed E-state index contributed by atoms with van der Waals surface area (Å²) in [6.07, 6.45) is 6.54. The van der Waals surface area contributed by atoms with Gasteiger partial charge in [-0.15, -0.1) is 0 Å². The Morgan fingerprint density at radius 3 is 2.15 bits per heavy atom. The molecule has 1 aliphatic carbocycles. The van der Waals surface area contributed by atoms with Crippen LogP contribution in [0.25, 0.3) is 0 Å². The van der Waals surface area contributed by atoms with E-state index in [4.69, 9.17) is 4.74 Å². The second kappa shape index (κ2) is 9.54. The van der Waals surface area contributed by atoms with Gasteiger partial charge in [-0.05, 0) is 55.7 Å². The zero-order valence-corrected chi connectivity index (χ0v) is 19.5. The first-order valence-corrected chi connectivity index (χ1v) is 9.74. The maximum Gasteiger partial charge on any atom is 0.338 e. The number of hydrogen-bond donors (Lipinski definition) is 0. The number of halogens is 1. The van der Waals surface area contributed by atoms with Gasteiger partial charge in [0.2, 0.25) is 0 Å². The highest BCUT2D eigenvalue weighted by Gasteiger charge is 2.32. The monoisotopic (exact) mass is 473 g/mol. The van der Waals surface area contributed by atoms with Crippen molar-refractivity contribution in [1.82, 2.24) is 0 Å². The number of carbonyl (C=O) groups excluding carboxylic acids is 1. The number of carbonyl (C=O) groups is 1. The number of quaternary nitrogens is 1. The standard InChI is InChI=1S/C22H36NO2.HI/c1-17(16-23(5,6)20-10-8-7-9-11-20)25-21(24)18-12-14-19(15-13-18)22(2,3)4;/h12-15,17,20H,7-11,16H2,1-6H3;1H/q+1;/p-1. The number of likely N-dealkylation sites (N-methyl/N-ethyl adjacent to an activating group) is 1. The molecule has 0 saturated heterocycles. The van der Waals surface area contributed by atoms with Crippen molar-refractivity contribution in [2.75, 3.05) is 20.6 Å². The fraction of sp³-hybridized carbons (Fsp3) is 0.682. The van der Waals surface area contributed by atoms with Crippen LogP contribution in [0.3, 0.4) is 0 Å². The van der Waals surface area contributed by atoms with Crippen LogP contribution in [0, 0.1) is 0 Å². The van der Waals surface area contributed by atoms with Gasteiger partial charge in [0.1, 0.15) is 12.6 Å². The average Bonchev–Trinajstić information content (AvgIpc) is 2.54. The molecule has 2 rings (SSSR count). The summed E-state index contributed by atoms with van der Waals surface area (Å²) in [6.45, 7) is 9.41. The lowest BCUT2D eigenvalue weighted by Crippen LogP contribution is -3.00. The third kappa shape index (κ3) is 6.52. The predicted octanol–water partition coefficient (Wildman–Crippen LogP) is 1.94. The number of benzene rings is 1. The van der Waals surface area contributed by atoms with Crippen LogP contribution in [-0.2, 0) is 10.2 Å². The van der Waals surface area contributed by atoms with E-state index in [2.05, 4.69) is 34.9 Å². The maximum atomic E-state index is 12.4. The smallest absolute Gasteiger partial charge is 0.338 e. The molecule has 26 heavy (non-hydrogen) atoms. The molecule has 1 saturated carbocycles. The van der Waals surface area contributed by atoms with Crippen LogP contribution in [-0.4, -0.2) is 43.2 Å². The predicted molar refractivity (Wildman–Crippen MR) is 104 cm³/mol. The molecule has 0 N–H and O–H groups in total. The summed E-state index contributed by atoms with van der Waals surface area (Å²) in [5, 5.41) is 0. The molecule has 1 aliphatic rings. The second-order valence-corrected chi connectivity index (χ2v) is 9.30. The Labute approximate surface area is 177 Å². The summed E-state index contributed by atoms with van der Waals surface area (Å²) in [6, 6.07) is 8.53. The molecule has 1 aromatic rings. The Morgan fingerprint density at radius 2 is 1.65 bits per heavy atom. The molecule has 148 valence electrons. The van der Waals surface area contributed by atoms with E-state index in [1.54, 1.807) is 0 Å². The highest BCUT2D eigenvalue weighted by molar-refractivity contribution is 5.89. The summed E-state index contributed by atoms with van der Waals surface area (Å²) in [5.74, 6) is -0.211. The summed E-state index contributed by atoms with van der Waals surface area (Å²) in [7, 11) is 4.55. The lowest BCUT2D eigenvalue weighted by molar-refractivity contribution is -0.918. The van der Waals surface area contributed by atoms with Crippen molar-refractivity contribution < 1.29 is 38.0 Å². The molecular weight excluding hydrogens is 437 g/mol. The molecule has 0 bridgehead atoms. The van der Waals surface area contributed by atoms with Crippen LogP contribution in [0.1, 0.15) is 75.7 Å². The van der Waals surface area contributed by atoms with E-state index in [9.17, 15) is 4.79 Å². The third-order valence-electron chi connectivity index (χ3n) is 5.59. The molecule has 0 spiro atoms. The fourth-order valence-corrected chi connectivity index (χ4v) is 3.99. The van der Waals surface area contributed by atoms with E-state index in [0.717, 1.165) is 11.0 Å². The lowest BCUT2D eigenvalue weighted by Gasteiger charge is -2.41. The molecule has 0 heterocycles. The summed E-state index contributed by atoms with van der Waals surface area (Å²) in [4.78, 5) is 12.4. The Hall–Kier alpha value is -0.620. The van der Waals surface area contributed by atoms with Crippen LogP contribution in [0.2, 0.25) is 0 Å². The van der Waals surface area contributed by atoms with Gasteiger partial charge in [0.25, 0.3) is 0 Å². The van der Waals surface area contributed by atoms with E-state index in [1.807, 2.05) is 31.2 Å². The maximum absolute atomic E-state index is 12.4. The quantitative estimate of drug-likeness (QED) is 0.371. The van der Waals surface area contributed by atoms with Gasteiger partial charge in [-0.25, -0.2) is 4.79 Å². The molecule has 4 heteroatoms. The molecule has 1 unspecified atom stereocenters. The van der Waals surface area contributed by atoms with Crippen molar-refractivity contribution in [2.24, 2.45) is 0 Å². The molecule has 3 nitrogen and oxygen atoms in total. The molecule has 1 fully saturated rings. The second-order valence-electron chi connectivity index (χ2n) is 9.30. The minimum atomic E-state index is -0.211. The molecule has 0 aromatic heterocycles. The summed E-state index contributed by atoms with van der Waals surface area (Å²) < 4.78 is 6.68. The van der Waals surface area contributed by atoms with Gasteiger partial charge >= 0.3 is 5.97 Å². The van der Waals surface area contributed by atoms with Gasteiger partial charge in [-0.2, -0.15) is 0 Å². The minimum absolute atomic E-state index is 0. The average molecular weight is 473 g/mol. The van der Waals surface area contributed by atoms with Gasteiger partial charge in [0.15, 0.2) is 0 Å². The van der Waals surface area contributed by atoms with Crippen LogP contribution >= 0.6 is 0 Å². The molecule has 0 radical (unpaired) electrons. The van der Waals surface area contributed by atoms with Gasteiger partial charge in [0.05, 0.1) is 25.7 Å².